The first-order valence-corrected chi connectivity index (χ1v) is 4.31. The minimum absolute atomic E-state index is 0.264. The number of hydrogen-bond acceptors (Lipinski definition) is 3. The van der Waals surface area contributed by atoms with Crippen LogP contribution in [0.5, 0.6) is 0 Å². The first-order valence-electron chi connectivity index (χ1n) is 4.31. The van der Waals surface area contributed by atoms with Crippen LogP contribution in [0.2, 0.25) is 0 Å². The Kier molecular flexibility index (Phi) is 3.83. The second kappa shape index (κ2) is 4.70. The van der Waals surface area contributed by atoms with E-state index in [1.54, 1.807) is 0 Å². The molecule has 0 radical (unpaired) electrons. The highest BCUT2D eigenvalue weighted by Crippen LogP contribution is 2.10. The standard InChI is InChI=1S/C8H17NO2/c1-2-5-11-8-6-9(7-8)3-4-10/h8,10H,2-7H2,1H3. The molecule has 1 aliphatic heterocycles. The van der Waals surface area contributed by atoms with Gasteiger partial charge < -0.3 is 9.84 Å². The fraction of sp³-hybridized carbons (Fsp3) is 1.00. The highest BCUT2D eigenvalue weighted by atomic mass is 16.5. The summed E-state index contributed by atoms with van der Waals surface area (Å²) in [4.78, 5) is 2.19. The molecule has 0 unspecified atom stereocenters. The number of ether oxygens (including phenoxy) is 1. The maximum absolute atomic E-state index is 8.58. The van der Waals surface area contributed by atoms with E-state index >= 15 is 0 Å². The summed E-state index contributed by atoms with van der Waals surface area (Å²) in [6, 6.07) is 0. The topological polar surface area (TPSA) is 32.7 Å². The van der Waals surface area contributed by atoms with E-state index in [1.807, 2.05) is 0 Å². The van der Waals surface area contributed by atoms with Gasteiger partial charge >= 0.3 is 0 Å². The van der Waals surface area contributed by atoms with Gasteiger partial charge in [0.05, 0.1) is 12.7 Å². The lowest BCUT2D eigenvalue weighted by Crippen LogP contribution is -2.52. The Hall–Kier alpha value is -0.120. The summed E-state index contributed by atoms with van der Waals surface area (Å²) < 4.78 is 5.48. The molecule has 3 nitrogen and oxygen atoms in total. The van der Waals surface area contributed by atoms with E-state index in [9.17, 15) is 0 Å². The summed E-state index contributed by atoms with van der Waals surface area (Å²) in [5.74, 6) is 0. The van der Waals surface area contributed by atoms with Crippen LogP contribution >= 0.6 is 0 Å². The van der Waals surface area contributed by atoms with E-state index in [4.69, 9.17) is 9.84 Å². The summed E-state index contributed by atoms with van der Waals surface area (Å²) >= 11 is 0. The van der Waals surface area contributed by atoms with Gasteiger partial charge in [-0.2, -0.15) is 0 Å². The molecule has 0 saturated carbocycles. The largest absolute Gasteiger partial charge is 0.395 e. The molecule has 1 rings (SSSR count). The van der Waals surface area contributed by atoms with Gasteiger partial charge in [-0.05, 0) is 6.42 Å². The van der Waals surface area contributed by atoms with Crippen molar-refractivity contribution in [2.75, 3.05) is 32.8 Å². The Bertz CT molecular complexity index is 102. The van der Waals surface area contributed by atoms with E-state index in [-0.39, 0.29) is 6.61 Å². The van der Waals surface area contributed by atoms with Gasteiger partial charge in [0.25, 0.3) is 0 Å². The number of β-amino-alcohol motifs (C(OH)–C–C–N with tert-alkyl or cyclic N) is 1. The molecule has 0 spiro atoms. The zero-order valence-electron chi connectivity index (χ0n) is 7.12. The van der Waals surface area contributed by atoms with Crippen molar-refractivity contribution in [3.8, 4) is 0 Å². The van der Waals surface area contributed by atoms with Crippen LogP contribution in [0, 0.1) is 0 Å². The van der Waals surface area contributed by atoms with Crippen molar-refractivity contribution < 1.29 is 9.84 Å². The zero-order chi connectivity index (χ0) is 8.10. The van der Waals surface area contributed by atoms with Gasteiger partial charge in [0.2, 0.25) is 0 Å². The lowest BCUT2D eigenvalue weighted by Gasteiger charge is -2.38. The highest BCUT2D eigenvalue weighted by Gasteiger charge is 2.25. The van der Waals surface area contributed by atoms with Crippen molar-refractivity contribution in [1.82, 2.24) is 4.90 Å². The Labute approximate surface area is 68.0 Å². The maximum atomic E-state index is 8.58. The minimum Gasteiger partial charge on any atom is -0.395 e. The molecule has 0 bridgehead atoms. The third-order valence-corrected chi connectivity index (χ3v) is 1.90. The number of nitrogens with zero attached hydrogens (tertiary/aromatic N) is 1. The second-order valence-electron chi connectivity index (χ2n) is 2.98. The average molecular weight is 159 g/mol. The highest BCUT2D eigenvalue weighted by molar-refractivity contribution is 4.79. The van der Waals surface area contributed by atoms with Crippen LogP contribution < -0.4 is 0 Å². The van der Waals surface area contributed by atoms with E-state index < -0.39 is 0 Å². The molecule has 1 saturated heterocycles. The van der Waals surface area contributed by atoms with E-state index in [2.05, 4.69) is 11.8 Å². The van der Waals surface area contributed by atoms with E-state index in [0.29, 0.717) is 6.10 Å². The average Bonchev–Trinajstić information content (AvgIpc) is 1.94. The smallest absolute Gasteiger partial charge is 0.0828 e. The SMILES string of the molecule is CCCOC1CN(CCO)C1. The minimum atomic E-state index is 0.264. The molecule has 0 amide bonds. The molecular weight excluding hydrogens is 142 g/mol. The molecule has 3 heteroatoms. The molecule has 66 valence electrons. The van der Waals surface area contributed by atoms with Crippen molar-refractivity contribution in [2.45, 2.75) is 19.4 Å². The van der Waals surface area contributed by atoms with Gasteiger partial charge in [0, 0.05) is 26.2 Å². The van der Waals surface area contributed by atoms with Gasteiger partial charge in [-0.15, -0.1) is 0 Å². The quantitative estimate of drug-likeness (QED) is 0.617. The van der Waals surface area contributed by atoms with Gasteiger partial charge in [-0.1, -0.05) is 6.92 Å². The first kappa shape index (κ1) is 8.97. The molecule has 11 heavy (non-hydrogen) atoms. The Morgan fingerprint density at radius 3 is 2.82 bits per heavy atom. The van der Waals surface area contributed by atoms with Crippen LogP contribution in [-0.2, 0) is 4.74 Å². The third kappa shape index (κ3) is 2.77. The van der Waals surface area contributed by atoms with Crippen LogP contribution in [0.4, 0.5) is 0 Å². The first-order chi connectivity index (χ1) is 5.36. The number of hydrogen-bond donors (Lipinski definition) is 1. The van der Waals surface area contributed by atoms with Crippen molar-refractivity contribution in [3.05, 3.63) is 0 Å². The van der Waals surface area contributed by atoms with Crippen LogP contribution in [-0.4, -0.2) is 49.0 Å². The fourth-order valence-electron chi connectivity index (χ4n) is 1.24. The van der Waals surface area contributed by atoms with Crippen LogP contribution in [0.25, 0.3) is 0 Å². The summed E-state index contributed by atoms with van der Waals surface area (Å²) in [5.41, 5.74) is 0. The summed E-state index contributed by atoms with van der Waals surface area (Å²) in [5, 5.41) is 8.58. The lowest BCUT2D eigenvalue weighted by molar-refractivity contribution is -0.0579. The van der Waals surface area contributed by atoms with Gasteiger partial charge in [0.1, 0.15) is 0 Å². The molecule has 0 aromatic carbocycles. The molecule has 0 aromatic heterocycles. The number of likely N-dealkylation sites (tertiary alicyclic amines) is 1. The molecule has 0 aromatic rings. The van der Waals surface area contributed by atoms with Crippen LogP contribution in [0.1, 0.15) is 13.3 Å². The van der Waals surface area contributed by atoms with E-state index in [1.165, 1.54) is 0 Å². The summed E-state index contributed by atoms with van der Waals surface area (Å²) in [6.07, 6.45) is 1.53. The predicted molar refractivity (Wildman–Crippen MR) is 43.6 cm³/mol. The normalized spacial score (nSPS) is 20.2. The molecule has 1 aliphatic rings. The summed E-state index contributed by atoms with van der Waals surface area (Å²) in [7, 11) is 0. The molecule has 0 aliphatic carbocycles. The van der Waals surface area contributed by atoms with Crippen molar-refractivity contribution >= 4 is 0 Å². The fourth-order valence-corrected chi connectivity index (χ4v) is 1.24. The Morgan fingerprint density at radius 2 is 2.27 bits per heavy atom. The molecule has 1 heterocycles. The number of rotatable bonds is 5. The Morgan fingerprint density at radius 1 is 1.55 bits per heavy atom. The predicted octanol–water partition coefficient (Wildman–Crippen LogP) is 0.0895. The van der Waals surface area contributed by atoms with Crippen molar-refractivity contribution in [2.24, 2.45) is 0 Å². The maximum Gasteiger partial charge on any atom is 0.0828 e. The molecule has 1 fully saturated rings. The van der Waals surface area contributed by atoms with Crippen LogP contribution in [0.3, 0.4) is 0 Å². The zero-order valence-corrected chi connectivity index (χ0v) is 7.12. The van der Waals surface area contributed by atoms with Crippen LogP contribution in [0.15, 0.2) is 0 Å². The van der Waals surface area contributed by atoms with Gasteiger partial charge in [0.15, 0.2) is 0 Å². The van der Waals surface area contributed by atoms with Crippen molar-refractivity contribution in [1.29, 1.82) is 0 Å². The number of aliphatic hydroxyl groups excluding tert-OH is 1. The second-order valence-corrected chi connectivity index (χ2v) is 2.98. The monoisotopic (exact) mass is 159 g/mol. The third-order valence-electron chi connectivity index (χ3n) is 1.90. The van der Waals surface area contributed by atoms with Gasteiger partial charge in [-0.25, -0.2) is 0 Å². The van der Waals surface area contributed by atoms with Crippen molar-refractivity contribution in [3.63, 3.8) is 0 Å². The van der Waals surface area contributed by atoms with Gasteiger partial charge in [-0.3, -0.25) is 4.90 Å². The van der Waals surface area contributed by atoms with E-state index in [0.717, 1.165) is 32.7 Å². The molecule has 1 N–H and O–H groups in total. The Balaban J connectivity index is 1.92. The lowest BCUT2D eigenvalue weighted by atomic mass is 10.2. The summed E-state index contributed by atoms with van der Waals surface area (Å²) in [6.45, 7) is 6.05. The molecular formula is C8H17NO2. The number of aliphatic hydroxyl groups is 1. The molecule has 0 atom stereocenters.